The molecular formula is C42H34F6N+. The summed E-state index contributed by atoms with van der Waals surface area (Å²) in [6.07, 6.45) is 7.73. The highest BCUT2D eigenvalue weighted by molar-refractivity contribution is 5.93. The number of unbranched alkanes of at least 4 members (excludes halogenated alkanes) is 2. The van der Waals surface area contributed by atoms with Crippen LogP contribution in [0.3, 0.4) is 0 Å². The van der Waals surface area contributed by atoms with Crippen LogP contribution >= 0.6 is 0 Å². The minimum atomic E-state index is -1.54. The first-order valence-corrected chi connectivity index (χ1v) is 16.6. The zero-order valence-corrected chi connectivity index (χ0v) is 27.2. The Hall–Kier alpha value is -4.88. The normalized spacial score (nSPS) is 13.5. The molecule has 0 radical (unpaired) electrons. The van der Waals surface area contributed by atoms with Gasteiger partial charge in [-0.15, -0.1) is 0 Å². The van der Waals surface area contributed by atoms with Crippen LogP contribution < -0.4 is 10.4 Å². The zero-order valence-electron chi connectivity index (χ0n) is 27.2. The molecular weight excluding hydrogens is 632 g/mol. The van der Waals surface area contributed by atoms with Gasteiger partial charge in [-0.2, -0.15) is 0 Å². The molecule has 6 aromatic carbocycles. The van der Waals surface area contributed by atoms with Gasteiger partial charge in [-0.25, -0.2) is 26.3 Å². The lowest BCUT2D eigenvalue weighted by Gasteiger charge is -2.31. The summed E-state index contributed by atoms with van der Waals surface area (Å²) in [5.41, 5.74) is 1.42. The smallest absolute Gasteiger partial charge is 0.194 e. The summed E-state index contributed by atoms with van der Waals surface area (Å²) >= 11 is 0. The van der Waals surface area contributed by atoms with Crippen LogP contribution in [0.4, 0.5) is 26.3 Å². The van der Waals surface area contributed by atoms with Gasteiger partial charge in [0, 0.05) is 20.9 Å². The second kappa shape index (κ2) is 12.9. The van der Waals surface area contributed by atoms with E-state index in [1.54, 1.807) is 0 Å². The van der Waals surface area contributed by atoms with E-state index in [1.807, 2.05) is 60.7 Å². The average molecular weight is 667 g/mol. The van der Waals surface area contributed by atoms with Crippen LogP contribution in [0.25, 0.3) is 56.2 Å². The van der Waals surface area contributed by atoms with E-state index >= 15 is 0 Å². The van der Waals surface area contributed by atoms with Crippen LogP contribution in [-0.2, 0) is 0 Å². The van der Waals surface area contributed by atoms with E-state index in [4.69, 9.17) is 0 Å². The van der Waals surface area contributed by atoms with Gasteiger partial charge in [0.2, 0.25) is 0 Å². The standard InChI is InChI=1S/C42H34F6N/c1-3-5-15-49(16-6-4-2)23-33-31(27-19-35(43)41(47)36(44)20-27)17-25-11-7-9-13-29(25)39(33)40-30-14-10-8-12-26(30)18-32(34(40)24-49)28-21-37(45)42(48)38(46)22-28/h7-14,17-24H,3-6,15-16H2,1-2H3/q+1. The third-order valence-corrected chi connectivity index (χ3v) is 9.65. The van der Waals surface area contributed by atoms with E-state index in [2.05, 4.69) is 26.2 Å². The average Bonchev–Trinajstić information content (AvgIpc) is 3.25. The third-order valence-electron chi connectivity index (χ3n) is 9.65. The molecule has 1 heterocycles. The Bertz CT molecular complexity index is 2280. The minimum Gasteiger partial charge on any atom is -0.270 e. The number of hydrogen-bond acceptors (Lipinski definition) is 0. The molecule has 0 unspecified atom stereocenters. The maximum absolute atomic E-state index is 14.9. The summed E-state index contributed by atoms with van der Waals surface area (Å²) in [4.78, 5) is 0. The van der Waals surface area contributed by atoms with Crippen molar-refractivity contribution < 1.29 is 30.8 Å². The highest BCUT2D eigenvalue weighted by Gasteiger charge is 2.27. The number of fused-ring (bicyclic) bond motifs is 6. The van der Waals surface area contributed by atoms with E-state index < -0.39 is 34.9 Å². The molecule has 0 amide bonds. The Balaban J connectivity index is 1.83. The molecule has 0 N–H and O–H groups in total. The quantitative estimate of drug-likeness (QED) is 0.0862. The molecule has 7 heteroatoms. The molecule has 1 aliphatic heterocycles. The zero-order chi connectivity index (χ0) is 34.4. The predicted octanol–water partition coefficient (Wildman–Crippen LogP) is 10.4. The number of benzene rings is 6. The molecule has 0 fully saturated rings. The predicted molar refractivity (Wildman–Crippen MR) is 184 cm³/mol. The van der Waals surface area contributed by atoms with Gasteiger partial charge in [-0.3, -0.25) is 4.48 Å². The summed E-state index contributed by atoms with van der Waals surface area (Å²) in [5, 5.41) is 6.28. The van der Waals surface area contributed by atoms with Crippen LogP contribution in [0, 0.1) is 45.3 Å². The van der Waals surface area contributed by atoms with E-state index in [0.29, 0.717) is 39.1 Å². The number of nitrogens with zero attached hydrogens (tertiary/aromatic N) is 1. The molecule has 7 rings (SSSR count). The number of hydrogen-bond donors (Lipinski definition) is 0. The molecule has 0 aliphatic carbocycles. The first kappa shape index (κ1) is 32.7. The molecule has 0 saturated carbocycles. The summed E-state index contributed by atoms with van der Waals surface area (Å²) in [6, 6.07) is 23.2. The lowest BCUT2D eigenvalue weighted by molar-refractivity contribution is -0.772. The summed E-state index contributed by atoms with van der Waals surface area (Å²) < 4.78 is 88.5. The summed E-state index contributed by atoms with van der Waals surface area (Å²) in [7, 11) is 0. The molecule has 0 spiro atoms. The van der Waals surface area contributed by atoms with Gasteiger partial charge in [-0.05, 0) is 93.0 Å². The van der Waals surface area contributed by atoms with Gasteiger partial charge in [0.15, 0.2) is 34.9 Å². The number of rotatable bonds is 8. The van der Waals surface area contributed by atoms with Crippen LogP contribution in [0.15, 0.2) is 84.9 Å². The SMILES string of the molecule is CCCC[N+]1(CCCC)C=c2c(-c3cc(F)c(F)c(F)c3)cc3ccccc3c2=c2c(c(-c3cc(F)c(F)c(F)c3)cc3ccccc23)=C1. The maximum Gasteiger partial charge on any atom is 0.194 e. The lowest BCUT2D eigenvalue weighted by atomic mass is 9.92. The second-order valence-corrected chi connectivity index (χ2v) is 12.9. The van der Waals surface area contributed by atoms with Crippen molar-refractivity contribution in [2.45, 2.75) is 39.5 Å². The van der Waals surface area contributed by atoms with Crippen LogP contribution in [0.5, 0.6) is 0 Å². The molecule has 248 valence electrons. The summed E-state index contributed by atoms with van der Waals surface area (Å²) in [5.74, 6) is -8.23. The van der Waals surface area contributed by atoms with Crippen molar-refractivity contribution in [2.75, 3.05) is 13.1 Å². The molecule has 1 aliphatic rings. The van der Waals surface area contributed by atoms with E-state index in [-0.39, 0.29) is 11.1 Å². The Labute approximate surface area is 280 Å². The maximum atomic E-state index is 14.9. The molecule has 6 aromatic rings. The monoisotopic (exact) mass is 666 g/mol. The van der Waals surface area contributed by atoms with E-state index in [9.17, 15) is 26.3 Å². The fraction of sp³-hybridized carbons (Fsp3) is 0.190. The molecule has 0 saturated heterocycles. The molecule has 1 nitrogen and oxygen atoms in total. The van der Waals surface area contributed by atoms with Crippen LogP contribution in [0.2, 0.25) is 0 Å². The van der Waals surface area contributed by atoms with Gasteiger partial charge in [0.25, 0.3) is 0 Å². The second-order valence-electron chi connectivity index (χ2n) is 12.9. The number of halogens is 6. The van der Waals surface area contributed by atoms with Crippen LogP contribution in [-0.4, -0.2) is 17.6 Å². The van der Waals surface area contributed by atoms with Crippen LogP contribution in [0.1, 0.15) is 39.5 Å². The molecule has 0 aromatic heterocycles. The minimum absolute atomic E-state index is 0.185. The summed E-state index contributed by atoms with van der Waals surface area (Å²) in [6.45, 7) is 5.54. The Morgan fingerprint density at radius 1 is 0.490 bits per heavy atom. The highest BCUT2D eigenvalue weighted by atomic mass is 19.2. The Kier molecular flexibility index (Phi) is 8.57. The van der Waals surface area contributed by atoms with Crippen molar-refractivity contribution in [1.29, 1.82) is 0 Å². The highest BCUT2D eigenvalue weighted by Crippen LogP contribution is 2.31. The Morgan fingerprint density at radius 3 is 1.22 bits per heavy atom. The van der Waals surface area contributed by atoms with E-state index in [1.165, 1.54) is 0 Å². The number of quaternary nitrogens is 1. The van der Waals surface area contributed by atoms with E-state index in [0.717, 1.165) is 81.9 Å². The van der Waals surface area contributed by atoms with Gasteiger partial charge < -0.3 is 0 Å². The van der Waals surface area contributed by atoms with Gasteiger partial charge >= 0.3 is 0 Å². The first-order valence-electron chi connectivity index (χ1n) is 16.6. The van der Waals surface area contributed by atoms with Crippen molar-refractivity contribution in [3.05, 3.63) is 141 Å². The molecule has 0 bridgehead atoms. The van der Waals surface area contributed by atoms with Crippen molar-refractivity contribution in [1.82, 2.24) is 0 Å². The fourth-order valence-corrected chi connectivity index (χ4v) is 7.26. The first-order chi connectivity index (χ1) is 23.6. The Morgan fingerprint density at radius 2 is 0.857 bits per heavy atom. The molecule has 49 heavy (non-hydrogen) atoms. The third kappa shape index (κ3) is 5.70. The fourth-order valence-electron chi connectivity index (χ4n) is 7.26. The van der Waals surface area contributed by atoms with Crippen molar-refractivity contribution in [3.8, 4) is 22.3 Å². The van der Waals surface area contributed by atoms with Gasteiger partial charge in [-0.1, -0.05) is 75.2 Å². The largest absolute Gasteiger partial charge is 0.270 e. The topological polar surface area (TPSA) is 0 Å². The van der Waals surface area contributed by atoms with Crippen molar-refractivity contribution in [2.24, 2.45) is 0 Å². The molecule has 0 atom stereocenters. The van der Waals surface area contributed by atoms with Gasteiger partial charge in [0.1, 0.15) is 12.4 Å². The van der Waals surface area contributed by atoms with Crippen molar-refractivity contribution >= 4 is 33.9 Å². The van der Waals surface area contributed by atoms with Crippen molar-refractivity contribution in [3.63, 3.8) is 0 Å². The lowest BCUT2D eigenvalue weighted by Crippen LogP contribution is -2.41. The van der Waals surface area contributed by atoms with Gasteiger partial charge in [0.05, 0.1) is 13.1 Å².